The second-order valence-electron chi connectivity index (χ2n) is 6.90. The molecule has 0 spiro atoms. The molecule has 1 heterocycles. The summed E-state index contributed by atoms with van der Waals surface area (Å²) >= 11 is 0. The number of sulfonamides is 1. The molecule has 1 saturated heterocycles. The van der Waals surface area contributed by atoms with E-state index >= 15 is 0 Å². The van der Waals surface area contributed by atoms with Crippen LogP contribution in [0.2, 0.25) is 0 Å². The number of carbonyl (C=O) groups is 1. The van der Waals surface area contributed by atoms with Crippen molar-refractivity contribution in [3.8, 4) is 5.75 Å². The highest BCUT2D eigenvalue weighted by Gasteiger charge is 2.34. The predicted octanol–water partition coefficient (Wildman–Crippen LogP) is 1.96. The lowest BCUT2D eigenvalue weighted by Crippen LogP contribution is -2.42. The van der Waals surface area contributed by atoms with E-state index in [1.165, 1.54) is 28.0 Å². The number of nitrogens with zero attached hydrogens (tertiary/aromatic N) is 2. The molecule has 4 N–H and O–H groups in total. The first-order chi connectivity index (χ1) is 14.4. The van der Waals surface area contributed by atoms with Gasteiger partial charge in [-0.3, -0.25) is 10.0 Å². The predicted molar refractivity (Wildman–Crippen MR) is 112 cm³/mol. The van der Waals surface area contributed by atoms with Crippen molar-refractivity contribution in [3.05, 3.63) is 53.6 Å². The summed E-state index contributed by atoms with van der Waals surface area (Å²) in [6.45, 7) is 2.47. The second-order valence-corrected chi connectivity index (χ2v) is 8.81. The number of hydrogen-bond acceptors (Lipinski definition) is 6. The van der Waals surface area contributed by atoms with Crippen molar-refractivity contribution < 1.29 is 23.2 Å². The van der Waals surface area contributed by atoms with Gasteiger partial charge >= 0.3 is 0 Å². The van der Waals surface area contributed by atoms with E-state index in [2.05, 4.69) is 4.99 Å². The lowest BCUT2D eigenvalue weighted by Gasteiger charge is -2.31. The van der Waals surface area contributed by atoms with Gasteiger partial charge < -0.3 is 10.5 Å². The molecule has 160 valence electrons. The third kappa shape index (κ3) is 4.61. The molecule has 0 radical (unpaired) electrons. The number of aliphatic imine (C=N–C) groups is 1. The first-order valence-corrected chi connectivity index (χ1v) is 10.9. The molecule has 1 aliphatic heterocycles. The standard InChI is InChI=1S/C20H24N4O5S/c1-14-5-7-15(8-6-14)29-16-9-11-24(12-10-16)30(27,28)18-4-2-3-17(22-13-21)19(18)20(25)23-26/h2-8,13,16,26H,9-12H2,1H3,(H2,21,22)(H,23,25). The molecular weight excluding hydrogens is 408 g/mol. The Labute approximate surface area is 175 Å². The summed E-state index contributed by atoms with van der Waals surface area (Å²) < 4.78 is 33.7. The van der Waals surface area contributed by atoms with Gasteiger partial charge in [0.05, 0.1) is 22.5 Å². The highest BCUT2D eigenvalue weighted by molar-refractivity contribution is 7.89. The second kappa shape index (κ2) is 9.24. The molecule has 10 heteroatoms. The highest BCUT2D eigenvalue weighted by Crippen LogP contribution is 2.30. The molecule has 1 fully saturated rings. The van der Waals surface area contributed by atoms with Gasteiger partial charge in [-0.15, -0.1) is 0 Å². The monoisotopic (exact) mass is 432 g/mol. The zero-order chi connectivity index (χ0) is 21.7. The Kier molecular flexibility index (Phi) is 6.70. The fourth-order valence-corrected chi connectivity index (χ4v) is 5.02. The Balaban J connectivity index is 1.79. The van der Waals surface area contributed by atoms with E-state index in [0.717, 1.165) is 17.7 Å². The van der Waals surface area contributed by atoms with E-state index in [4.69, 9.17) is 15.7 Å². The molecule has 0 aromatic heterocycles. The van der Waals surface area contributed by atoms with Crippen molar-refractivity contribution >= 4 is 28.0 Å². The lowest BCUT2D eigenvalue weighted by molar-refractivity contribution is 0.0703. The summed E-state index contributed by atoms with van der Waals surface area (Å²) in [5.41, 5.74) is 7.69. The summed E-state index contributed by atoms with van der Waals surface area (Å²) in [5.74, 6) is -0.233. The molecule has 0 atom stereocenters. The average molecular weight is 433 g/mol. The molecule has 0 unspecified atom stereocenters. The molecule has 1 amide bonds. The van der Waals surface area contributed by atoms with E-state index in [1.807, 2.05) is 31.2 Å². The summed E-state index contributed by atoms with van der Waals surface area (Å²) in [5, 5.41) is 9.07. The van der Waals surface area contributed by atoms with Gasteiger partial charge in [0.2, 0.25) is 10.0 Å². The minimum absolute atomic E-state index is 0.0442. The smallest absolute Gasteiger partial charge is 0.278 e. The van der Waals surface area contributed by atoms with Crippen LogP contribution in [-0.4, -0.2) is 49.4 Å². The summed E-state index contributed by atoms with van der Waals surface area (Å²) in [7, 11) is -4.00. The number of amides is 1. The molecule has 2 aromatic rings. The highest BCUT2D eigenvalue weighted by atomic mass is 32.2. The number of nitrogens with two attached hydrogens (primary N) is 1. The Morgan fingerprint density at radius 2 is 1.90 bits per heavy atom. The Morgan fingerprint density at radius 1 is 1.23 bits per heavy atom. The Morgan fingerprint density at radius 3 is 2.50 bits per heavy atom. The number of rotatable bonds is 6. The third-order valence-electron chi connectivity index (χ3n) is 4.89. The van der Waals surface area contributed by atoms with Gasteiger partial charge in [-0.25, -0.2) is 18.9 Å². The molecule has 30 heavy (non-hydrogen) atoms. The molecular formula is C20H24N4O5S. The van der Waals surface area contributed by atoms with Crippen molar-refractivity contribution in [1.82, 2.24) is 9.79 Å². The maximum Gasteiger partial charge on any atom is 0.278 e. The topological polar surface area (TPSA) is 134 Å². The van der Waals surface area contributed by atoms with Crippen molar-refractivity contribution in [1.29, 1.82) is 0 Å². The largest absolute Gasteiger partial charge is 0.490 e. The number of carbonyl (C=O) groups excluding carboxylic acids is 1. The first-order valence-electron chi connectivity index (χ1n) is 9.42. The SMILES string of the molecule is Cc1ccc(OC2CCN(S(=O)(=O)c3cccc(N=CN)c3C(=O)NO)CC2)cc1. The van der Waals surface area contributed by atoms with Gasteiger partial charge in [-0.1, -0.05) is 23.8 Å². The van der Waals surface area contributed by atoms with Crippen molar-refractivity contribution in [2.75, 3.05) is 13.1 Å². The maximum atomic E-state index is 13.2. The van der Waals surface area contributed by atoms with E-state index < -0.39 is 15.9 Å². The molecule has 9 nitrogen and oxygen atoms in total. The third-order valence-corrected chi connectivity index (χ3v) is 6.83. The Hall–Kier alpha value is -2.95. The van der Waals surface area contributed by atoms with Crippen LogP contribution >= 0.6 is 0 Å². The number of ether oxygens (including phenoxy) is 1. The van der Waals surface area contributed by atoms with Crippen LogP contribution in [0.4, 0.5) is 5.69 Å². The van der Waals surface area contributed by atoms with Crippen molar-refractivity contribution in [3.63, 3.8) is 0 Å². The van der Waals surface area contributed by atoms with E-state index in [-0.39, 0.29) is 35.3 Å². The van der Waals surface area contributed by atoms with Gasteiger partial charge in [0.25, 0.3) is 5.91 Å². The molecule has 2 aromatic carbocycles. The summed E-state index contributed by atoms with van der Waals surface area (Å²) in [6, 6.07) is 11.9. The first kappa shape index (κ1) is 21.8. The molecule has 0 saturated carbocycles. The number of hydroxylamine groups is 1. The fourth-order valence-electron chi connectivity index (χ4n) is 3.35. The van der Waals surface area contributed by atoms with Gasteiger partial charge in [-0.05, 0) is 44.0 Å². The summed E-state index contributed by atoms with van der Waals surface area (Å²) in [4.78, 5) is 15.8. The zero-order valence-electron chi connectivity index (χ0n) is 16.5. The van der Waals surface area contributed by atoms with Crippen LogP contribution in [0.15, 0.2) is 52.4 Å². The summed E-state index contributed by atoms with van der Waals surface area (Å²) in [6.07, 6.45) is 1.87. The Bertz CT molecular complexity index is 1030. The van der Waals surface area contributed by atoms with Crippen LogP contribution in [-0.2, 0) is 10.0 Å². The quantitative estimate of drug-likeness (QED) is 0.276. The number of nitrogens with one attached hydrogen (secondary N) is 1. The normalized spacial score (nSPS) is 15.9. The van der Waals surface area contributed by atoms with Crippen LogP contribution in [0.25, 0.3) is 0 Å². The molecule has 3 rings (SSSR count). The number of piperidine rings is 1. The van der Waals surface area contributed by atoms with Crippen LogP contribution in [0.5, 0.6) is 5.75 Å². The number of aryl methyl sites for hydroxylation is 1. The van der Waals surface area contributed by atoms with Crippen LogP contribution in [0, 0.1) is 6.92 Å². The molecule has 0 aliphatic carbocycles. The maximum absolute atomic E-state index is 13.2. The zero-order valence-corrected chi connectivity index (χ0v) is 17.3. The van der Waals surface area contributed by atoms with E-state index in [1.54, 1.807) is 0 Å². The van der Waals surface area contributed by atoms with Gasteiger partial charge in [0.1, 0.15) is 11.9 Å². The molecule has 0 bridgehead atoms. The minimum Gasteiger partial charge on any atom is -0.490 e. The molecule has 1 aliphatic rings. The van der Waals surface area contributed by atoms with E-state index in [0.29, 0.717) is 12.8 Å². The minimum atomic E-state index is -4.00. The average Bonchev–Trinajstić information content (AvgIpc) is 2.75. The van der Waals surface area contributed by atoms with Crippen LogP contribution in [0.3, 0.4) is 0 Å². The van der Waals surface area contributed by atoms with Gasteiger partial charge in [0.15, 0.2) is 0 Å². The van der Waals surface area contributed by atoms with E-state index in [9.17, 15) is 13.2 Å². The number of hydrogen-bond donors (Lipinski definition) is 3. The van der Waals surface area contributed by atoms with Crippen LogP contribution < -0.4 is 16.0 Å². The van der Waals surface area contributed by atoms with Crippen LogP contribution in [0.1, 0.15) is 28.8 Å². The fraction of sp³-hybridized carbons (Fsp3) is 0.300. The number of benzene rings is 2. The van der Waals surface area contributed by atoms with Crippen molar-refractivity contribution in [2.45, 2.75) is 30.8 Å². The van der Waals surface area contributed by atoms with Gasteiger partial charge in [0, 0.05) is 13.1 Å². The van der Waals surface area contributed by atoms with Gasteiger partial charge in [-0.2, -0.15) is 4.31 Å². The van der Waals surface area contributed by atoms with Crippen molar-refractivity contribution in [2.24, 2.45) is 10.7 Å². The lowest BCUT2D eigenvalue weighted by atomic mass is 10.1.